The molecule has 2 aromatic rings. The lowest BCUT2D eigenvalue weighted by atomic mass is 10.2. The summed E-state index contributed by atoms with van der Waals surface area (Å²) in [5, 5.41) is 11.6. The number of anilines is 2. The fraction of sp³-hybridized carbons (Fsp3) is 0.0769. The number of hydrogen-bond acceptors (Lipinski definition) is 3. The maximum atomic E-state index is 13.0. The molecule has 6 heteroatoms. The van der Waals surface area contributed by atoms with Gasteiger partial charge in [-0.3, -0.25) is 0 Å². The maximum absolute atomic E-state index is 13.0. The number of pyridine rings is 1. The smallest absolute Gasteiger partial charge is 0.335 e. The molecule has 0 fully saturated rings. The molecule has 0 atom stereocenters. The molecule has 2 rings (SSSR count). The monoisotopic (exact) mass is 264 g/mol. The lowest BCUT2D eigenvalue weighted by Crippen LogP contribution is -2.02. The van der Waals surface area contributed by atoms with Crippen LogP contribution in [0.5, 0.6) is 0 Å². The SMILES string of the molecule is Cc1cc(C(=O)O)cc(Nc2ccc(F)c(F)c2)n1. The van der Waals surface area contributed by atoms with Crippen molar-refractivity contribution in [1.82, 2.24) is 4.98 Å². The van der Waals surface area contributed by atoms with Gasteiger partial charge in [-0.05, 0) is 31.2 Å². The molecule has 0 unspecified atom stereocenters. The Morgan fingerprint density at radius 2 is 1.95 bits per heavy atom. The molecule has 0 amide bonds. The predicted molar refractivity (Wildman–Crippen MR) is 65.6 cm³/mol. The van der Waals surface area contributed by atoms with Gasteiger partial charge >= 0.3 is 5.97 Å². The number of aromatic nitrogens is 1. The number of benzene rings is 1. The standard InChI is InChI=1S/C13H10F2N2O2/c1-7-4-8(13(18)19)5-12(16-7)17-9-2-3-10(14)11(15)6-9/h2-6H,1H3,(H,16,17)(H,18,19). The highest BCUT2D eigenvalue weighted by Crippen LogP contribution is 2.19. The number of rotatable bonds is 3. The van der Waals surface area contributed by atoms with E-state index in [9.17, 15) is 13.6 Å². The molecule has 0 aliphatic heterocycles. The molecule has 0 bridgehead atoms. The molecule has 4 nitrogen and oxygen atoms in total. The fourth-order valence-corrected chi connectivity index (χ4v) is 1.58. The highest BCUT2D eigenvalue weighted by Gasteiger charge is 2.08. The Hall–Kier alpha value is -2.50. The normalized spacial score (nSPS) is 10.3. The van der Waals surface area contributed by atoms with E-state index < -0.39 is 17.6 Å². The molecular weight excluding hydrogens is 254 g/mol. The lowest BCUT2D eigenvalue weighted by molar-refractivity contribution is 0.0696. The van der Waals surface area contributed by atoms with E-state index in [0.29, 0.717) is 5.69 Å². The second-order valence-electron chi connectivity index (χ2n) is 3.94. The van der Waals surface area contributed by atoms with Crippen molar-refractivity contribution in [2.45, 2.75) is 6.92 Å². The molecule has 1 heterocycles. The molecule has 19 heavy (non-hydrogen) atoms. The summed E-state index contributed by atoms with van der Waals surface area (Å²) in [5.41, 5.74) is 0.857. The minimum absolute atomic E-state index is 0.0672. The third kappa shape index (κ3) is 3.04. The van der Waals surface area contributed by atoms with Gasteiger partial charge in [0.25, 0.3) is 0 Å². The van der Waals surface area contributed by atoms with E-state index in [1.165, 1.54) is 18.2 Å². The van der Waals surface area contributed by atoms with Crippen molar-refractivity contribution in [2.75, 3.05) is 5.32 Å². The first-order valence-electron chi connectivity index (χ1n) is 5.40. The topological polar surface area (TPSA) is 62.2 Å². The quantitative estimate of drug-likeness (QED) is 0.894. The van der Waals surface area contributed by atoms with Gasteiger partial charge < -0.3 is 10.4 Å². The first-order chi connectivity index (χ1) is 8.95. The molecule has 98 valence electrons. The summed E-state index contributed by atoms with van der Waals surface area (Å²) in [7, 11) is 0. The molecule has 1 aromatic carbocycles. The van der Waals surface area contributed by atoms with Gasteiger partial charge in [-0.2, -0.15) is 0 Å². The van der Waals surface area contributed by atoms with E-state index in [2.05, 4.69) is 10.3 Å². The van der Waals surface area contributed by atoms with Crippen LogP contribution in [-0.4, -0.2) is 16.1 Å². The van der Waals surface area contributed by atoms with Crippen LogP contribution in [0.1, 0.15) is 16.1 Å². The summed E-state index contributed by atoms with van der Waals surface area (Å²) in [6, 6.07) is 6.02. The van der Waals surface area contributed by atoms with Crippen LogP contribution >= 0.6 is 0 Å². The van der Waals surface area contributed by atoms with E-state index in [-0.39, 0.29) is 17.1 Å². The third-order valence-electron chi connectivity index (χ3n) is 2.39. The fourth-order valence-electron chi connectivity index (χ4n) is 1.58. The van der Waals surface area contributed by atoms with Crippen LogP contribution < -0.4 is 5.32 Å². The summed E-state index contributed by atoms with van der Waals surface area (Å²) in [6.45, 7) is 1.64. The van der Waals surface area contributed by atoms with Crippen LogP contribution in [0.2, 0.25) is 0 Å². The Balaban J connectivity index is 2.32. The van der Waals surface area contributed by atoms with Crippen LogP contribution in [0.3, 0.4) is 0 Å². The molecule has 0 aliphatic rings. The van der Waals surface area contributed by atoms with Crippen LogP contribution in [0.25, 0.3) is 0 Å². The van der Waals surface area contributed by atoms with Gasteiger partial charge in [-0.15, -0.1) is 0 Å². The van der Waals surface area contributed by atoms with Crippen LogP contribution in [-0.2, 0) is 0 Å². The molecule has 1 aromatic heterocycles. The summed E-state index contributed by atoms with van der Waals surface area (Å²) >= 11 is 0. The Bertz CT molecular complexity index is 645. The van der Waals surface area contributed by atoms with Gasteiger partial charge in [0, 0.05) is 17.4 Å². The molecule has 0 saturated carbocycles. The van der Waals surface area contributed by atoms with Crippen molar-refractivity contribution in [3.05, 3.63) is 53.2 Å². The van der Waals surface area contributed by atoms with Crippen LogP contribution in [0.15, 0.2) is 30.3 Å². The van der Waals surface area contributed by atoms with Crippen LogP contribution in [0, 0.1) is 18.6 Å². The Morgan fingerprint density at radius 3 is 2.58 bits per heavy atom. The second-order valence-corrected chi connectivity index (χ2v) is 3.94. The van der Waals surface area contributed by atoms with E-state index in [1.807, 2.05) is 0 Å². The average Bonchev–Trinajstić information content (AvgIpc) is 2.33. The summed E-state index contributed by atoms with van der Waals surface area (Å²) in [6.07, 6.45) is 0. The first-order valence-corrected chi connectivity index (χ1v) is 5.40. The summed E-state index contributed by atoms with van der Waals surface area (Å²) in [5.74, 6) is -2.77. The van der Waals surface area contributed by atoms with Crippen molar-refractivity contribution in [1.29, 1.82) is 0 Å². The van der Waals surface area contributed by atoms with E-state index in [1.54, 1.807) is 6.92 Å². The summed E-state index contributed by atoms with van der Waals surface area (Å²) < 4.78 is 25.8. The Labute approximate surface area is 107 Å². The zero-order valence-corrected chi connectivity index (χ0v) is 9.95. The van der Waals surface area contributed by atoms with E-state index in [0.717, 1.165) is 12.1 Å². The minimum atomic E-state index is -1.08. The van der Waals surface area contributed by atoms with Crippen molar-refractivity contribution in [2.24, 2.45) is 0 Å². The molecule has 2 N–H and O–H groups in total. The number of halogens is 2. The number of carboxylic acid groups (broad SMARTS) is 1. The van der Waals surface area contributed by atoms with Gasteiger partial charge in [-0.1, -0.05) is 0 Å². The van der Waals surface area contributed by atoms with Crippen LogP contribution in [0.4, 0.5) is 20.3 Å². The molecule has 0 aliphatic carbocycles. The number of aromatic carboxylic acids is 1. The van der Waals surface area contributed by atoms with Crippen molar-refractivity contribution < 1.29 is 18.7 Å². The van der Waals surface area contributed by atoms with Gasteiger partial charge in [0.1, 0.15) is 5.82 Å². The first kappa shape index (κ1) is 12.9. The van der Waals surface area contributed by atoms with Crippen molar-refractivity contribution >= 4 is 17.5 Å². The lowest BCUT2D eigenvalue weighted by Gasteiger charge is -2.08. The van der Waals surface area contributed by atoms with Gasteiger partial charge in [-0.25, -0.2) is 18.6 Å². The molecule has 0 saturated heterocycles. The van der Waals surface area contributed by atoms with E-state index >= 15 is 0 Å². The molecular formula is C13H10F2N2O2. The minimum Gasteiger partial charge on any atom is -0.478 e. The maximum Gasteiger partial charge on any atom is 0.335 e. The van der Waals surface area contributed by atoms with Gasteiger partial charge in [0.05, 0.1) is 5.56 Å². The summed E-state index contributed by atoms with van der Waals surface area (Å²) in [4.78, 5) is 15.0. The zero-order valence-electron chi connectivity index (χ0n) is 9.95. The highest BCUT2D eigenvalue weighted by atomic mass is 19.2. The number of hydrogen-bond donors (Lipinski definition) is 2. The Kier molecular flexibility index (Phi) is 3.41. The van der Waals surface area contributed by atoms with Crippen molar-refractivity contribution in [3.63, 3.8) is 0 Å². The molecule has 0 radical (unpaired) electrons. The zero-order chi connectivity index (χ0) is 14.0. The van der Waals surface area contributed by atoms with Gasteiger partial charge in [0.15, 0.2) is 11.6 Å². The van der Waals surface area contributed by atoms with Crippen molar-refractivity contribution in [3.8, 4) is 0 Å². The van der Waals surface area contributed by atoms with E-state index in [4.69, 9.17) is 5.11 Å². The molecule has 0 spiro atoms. The highest BCUT2D eigenvalue weighted by molar-refractivity contribution is 5.88. The Morgan fingerprint density at radius 1 is 1.21 bits per heavy atom. The average molecular weight is 264 g/mol. The number of carbonyl (C=O) groups is 1. The predicted octanol–water partition coefficient (Wildman–Crippen LogP) is 3.11. The number of nitrogens with zero attached hydrogens (tertiary/aromatic N) is 1. The number of aryl methyl sites for hydroxylation is 1. The largest absolute Gasteiger partial charge is 0.478 e. The number of carboxylic acids is 1. The second kappa shape index (κ2) is 5.01. The van der Waals surface area contributed by atoms with Gasteiger partial charge in [0.2, 0.25) is 0 Å². The third-order valence-corrected chi connectivity index (χ3v) is 2.39. The number of nitrogens with one attached hydrogen (secondary N) is 1.